The highest BCUT2D eigenvalue weighted by molar-refractivity contribution is 6.33. The van der Waals surface area contributed by atoms with Gasteiger partial charge in [-0.15, -0.1) is 0 Å². The van der Waals surface area contributed by atoms with E-state index in [-0.39, 0.29) is 0 Å². The van der Waals surface area contributed by atoms with E-state index in [0.717, 1.165) is 44.0 Å². The van der Waals surface area contributed by atoms with Crippen molar-refractivity contribution in [3.8, 4) is 0 Å². The molecule has 0 aromatic carbocycles. The number of methoxy groups -OCH3 is 2. The van der Waals surface area contributed by atoms with Crippen LogP contribution in [0, 0.1) is 0 Å². The molecule has 114 valence electrons. The van der Waals surface area contributed by atoms with Gasteiger partial charge in [0.25, 0.3) is 0 Å². The summed E-state index contributed by atoms with van der Waals surface area (Å²) in [6.07, 6.45) is 2.78. The van der Waals surface area contributed by atoms with Crippen molar-refractivity contribution in [1.82, 2.24) is 10.3 Å². The third kappa shape index (κ3) is 5.63. The molecule has 1 aromatic rings. The highest BCUT2D eigenvalue weighted by Gasteiger charge is 2.12. The Morgan fingerprint density at radius 2 is 2.00 bits per heavy atom. The van der Waals surface area contributed by atoms with Gasteiger partial charge in [0.05, 0.1) is 11.6 Å². The first-order chi connectivity index (χ1) is 9.72. The number of pyridine rings is 1. The van der Waals surface area contributed by atoms with Crippen LogP contribution in [0.25, 0.3) is 0 Å². The van der Waals surface area contributed by atoms with Crippen LogP contribution in [0.1, 0.15) is 12.0 Å². The van der Waals surface area contributed by atoms with Gasteiger partial charge < -0.3 is 19.7 Å². The molecular formula is C14H24ClN3O2. The molecule has 1 aromatic heterocycles. The van der Waals surface area contributed by atoms with Crippen molar-refractivity contribution in [1.29, 1.82) is 0 Å². The van der Waals surface area contributed by atoms with Crippen LogP contribution < -0.4 is 10.2 Å². The van der Waals surface area contributed by atoms with Crippen molar-refractivity contribution in [3.05, 3.63) is 22.8 Å². The highest BCUT2D eigenvalue weighted by atomic mass is 35.5. The SMILES string of the molecule is CNCc1cnc(N(CCCOC)CCOC)c(Cl)c1. The molecule has 1 rings (SSSR count). The zero-order valence-electron chi connectivity index (χ0n) is 12.5. The smallest absolute Gasteiger partial charge is 0.147 e. The van der Waals surface area contributed by atoms with E-state index < -0.39 is 0 Å². The predicted octanol–water partition coefficient (Wildman–Crippen LogP) is 1.94. The molecule has 0 aliphatic heterocycles. The first-order valence-corrected chi connectivity index (χ1v) is 7.12. The van der Waals surface area contributed by atoms with Crippen molar-refractivity contribution >= 4 is 17.4 Å². The Bertz CT molecular complexity index is 391. The van der Waals surface area contributed by atoms with Crippen molar-refractivity contribution in [2.45, 2.75) is 13.0 Å². The Labute approximate surface area is 126 Å². The molecule has 0 aliphatic rings. The molecule has 0 unspecified atom stereocenters. The summed E-state index contributed by atoms with van der Waals surface area (Å²) < 4.78 is 10.2. The van der Waals surface area contributed by atoms with Crippen LogP contribution in [0.4, 0.5) is 5.82 Å². The zero-order valence-corrected chi connectivity index (χ0v) is 13.2. The summed E-state index contributed by atoms with van der Waals surface area (Å²) in [5.74, 6) is 0.805. The van der Waals surface area contributed by atoms with Crippen LogP contribution in [-0.2, 0) is 16.0 Å². The first-order valence-electron chi connectivity index (χ1n) is 6.74. The van der Waals surface area contributed by atoms with Crippen molar-refractivity contribution in [2.24, 2.45) is 0 Å². The fraction of sp³-hybridized carbons (Fsp3) is 0.643. The Kier molecular flexibility index (Phi) is 8.53. The van der Waals surface area contributed by atoms with Crippen LogP contribution in [0.5, 0.6) is 0 Å². The van der Waals surface area contributed by atoms with Crippen molar-refractivity contribution in [3.63, 3.8) is 0 Å². The molecule has 0 atom stereocenters. The number of nitrogens with one attached hydrogen (secondary N) is 1. The van der Waals surface area contributed by atoms with Crippen LogP contribution in [0.3, 0.4) is 0 Å². The van der Waals surface area contributed by atoms with E-state index in [1.54, 1.807) is 14.2 Å². The molecule has 0 spiro atoms. The molecule has 0 saturated heterocycles. The van der Waals surface area contributed by atoms with Gasteiger partial charge in [0, 0.05) is 46.7 Å². The minimum atomic E-state index is 0.642. The van der Waals surface area contributed by atoms with Crippen molar-refractivity contribution < 1.29 is 9.47 Å². The second-order valence-electron chi connectivity index (χ2n) is 4.51. The van der Waals surface area contributed by atoms with Gasteiger partial charge in [0.2, 0.25) is 0 Å². The maximum atomic E-state index is 6.35. The summed E-state index contributed by atoms with van der Waals surface area (Å²) in [4.78, 5) is 6.62. The third-order valence-corrected chi connectivity index (χ3v) is 3.18. The number of hydrogen-bond donors (Lipinski definition) is 1. The maximum Gasteiger partial charge on any atom is 0.147 e. The van der Waals surface area contributed by atoms with Crippen LogP contribution in [-0.4, -0.2) is 52.6 Å². The van der Waals surface area contributed by atoms with Gasteiger partial charge in [-0.3, -0.25) is 0 Å². The molecule has 0 amide bonds. The lowest BCUT2D eigenvalue weighted by Gasteiger charge is -2.24. The molecule has 0 aliphatic carbocycles. The summed E-state index contributed by atoms with van der Waals surface area (Å²) in [5.41, 5.74) is 1.07. The Morgan fingerprint density at radius 1 is 1.25 bits per heavy atom. The van der Waals surface area contributed by atoms with Crippen molar-refractivity contribution in [2.75, 3.05) is 52.5 Å². The summed E-state index contributed by atoms with van der Waals surface area (Å²) in [6, 6.07) is 1.95. The summed E-state index contributed by atoms with van der Waals surface area (Å²) >= 11 is 6.35. The van der Waals surface area contributed by atoms with E-state index in [9.17, 15) is 0 Å². The van der Waals surface area contributed by atoms with E-state index in [2.05, 4.69) is 15.2 Å². The largest absolute Gasteiger partial charge is 0.385 e. The quantitative estimate of drug-likeness (QED) is 0.669. The normalized spacial score (nSPS) is 10.8. The van der Waals surface area contributed by atoms with Crippen LogP contribution in [0.15, 0.2) is 12.3 Å². The molecule has 0 bridgehead atoms. The van der Waals surface area contributed by atoms with E-state index in [0.29, 0.717) is 11.6 Å². The molecule has 6 heteroatoms. The molecule has 20 heavy (non-hydrogen) atoms. The minimum Gasteiger partial charge on any atom is -0.385 e. The number of rotatable bonds is 10. The molecule has 1 heterocycles. The lowest BCUT2D eigenvalue weighted by Crippen LogP contribution is -2.30. The van der Waals surface area contributed by atoms with Gasteiger partial charge in [-0.25, -0.2) is 4.98 Å². The Morgan fingerprint density at radius 3 is 2.60 bits per heavy atom. The number of nitrogens with zero attached hydrogens (tertiary/aromatic N) is 2. The second-order valence-corrected chi connectivity index (χ2v) is 4.91. The fourth-order valence-corrected chi connectivity index (χ4v) is 2.24. The third-order valence-electron chi connectivity index (χ3n) is 2.90. The predicted molar refractivity (Wildman–Crippen MR) is 82.6 cm³/mol. The number of halogens is 1. The lowest BCUT2D eigenvalue weighted by atomic mass is 10.2. The first kappa shape index (κ1) is 17.2. The maximum absolute atomic E-state index is 6.35. The average molecular weight is 302 g/mol. The molecule has 0 saturated carbocycles. The second kappa shape index (κ2) is 9.94. The van der Waals surface area contributed by atoms with E-state index in [4.69, 9.17) is 21.1 Å². The van der Waals surface area contributed by atoms with Crippen LogP contribution >= 0.6 is 11.6 Å². The standard InChI is InChI=1S/C14H24ClN3O2/c1-16-10-12-9-13(15)14(17-11-12)18(6-8-20-3)5-4-7-19-2/h9,11,16H,4-8,10H2,1-3H3. The summed E-state index contributed by atoms with van der Waals surface area (Å²) in [6.45, 7) is 3.73. The molecule has 5 nitrogen and oxygen atoms in total. The van der Waals surface area contributed by atoms with Gasteiger partial charge in [0.1, 0.15) is 5.82 Å². The molecule has 0 fully saturated rings. The van der Waals surface area contributed by atoms with Crippen LogP contribution in [0.2, 0.25) is 5.02 Å². The zero-order chi connectivity index (χ0) is 14.8. The molecule has 0 radical (unpaired) electrons. The van der Waals surface area contributed by atoms with E-state index >= 15 is 0 Å². The number of hydrogen-bond acceptors (Lipinski definition) is 5. The monoisotopic (exact) mass is 301 g/mol. The number of ether oxygens (including phenoxy) is 2. The van der Waals surface area contributed by atoms with E-state index in [1.165, 1.54) is 0 Å². The van der Waals surface area contributed by atoms with Gasteiger partial charge in [-0.2, -0.15) is 0 Å². The highest BCUT2D eigenvalue weighted by Crippen LogP contribution is 2.24. The van der Waals surface area contributed by atoms with Gasteiger partial charge in [-0.05, 0) is 25.1 Å². The number of aromatic nitrogens is 1. The Balaban J connectivity index is 2.77. The summed E-state index contributed by atoms with van der Waals surface area (Å²) in [5, 5.41) is 3.76. The Hall–Kier alpha value is -0.880. The van der Waals surface area contributed by atoms with Gasteiger partial charge in [-0.1, -0.05) is 11.6 Å². The molecular weight excluding hydrogens is 278 g/mol. The van der Waals surface area contributed by atoms with Gasteiger partial charge in [0.15, 0.2) is 0 Å². The topological polar surface area (TPSA) is 46.6 Å². The molecule has 1 N–H and O–H groups in total. The number of anilines is 1. The average Bonchev–Trinajstić information content (AvgIpc) is 2.44. The summed E-state index contributed by atoms with van der Waals surface area (Å²) in [7, 11) is 5.30. The fourth-order valence-electron chi connectivity index (χ4n) is 1.93. The van der Waals surface area contributed by atoms with Gasteiger partial charge >= 0.3 is 0 Å². The minimum absolute atomic E-state index is 0.642. The van der Waals surface area contributed by atoms with E-state index in [1.807, 2.05) is 19.3 Å². The lowest BCUT2D eigenvalue weighted by molar-refractivity contribution is 0.191.